The number of alkyl halides is 3. The average Bonchev–Trinajstić information content (AvgIpc) is 2.43. The first-order valence-corrected chi connectivity index (χ1v) is 6.37. The van der Waals surface area contributed by atoms with Crippen LogP contribution in [0.3, 0.4) is 0 Å². The van der Waals surface area contributed by atoms with Gasteiger partial charge in [-0.3, -0.25) is 4.79 Å². The van der Waals surface area contributed by atoms with Crippen LogP contribution in [0.5, 0.6) is 11.5 Å². The van der Waals surface area contributed by atoms with Gasteiger partial charge >= 0.3 is 6.18 Å². The van der Waals surface area contributed by atoms with Crippen LogP contribution in [0, 0.1) is 0 Å². The summed E-state index contributed by atoms with van der Waals surface area (Å²) >= 11 is 0. The third-order valence-electron chi connectivity index (χ3n) is 2.71. The van der Waals surface area contributed by atoms with Crippen molar-refractivity contribution in [3.05, 3.63) is 24.3 Å². The predicted molar refractivity (Wildman–Crippen MR) is 68.3 cm³/mol. The third kappa shape index (κ3) is 5.14. The average molecular weight is 304 g/mol. The van der Waals surface area contributed by atoms with Crippen LogP contribution in [0.2, 0.25) is 0 Å². The summed E-state index contributed by atoms with van der Waals surface area (Å²) in [7, 11) is 0. The zero-order valence-electron chi connectivity index (χ0n) is 11.1. The fraction of sp³-hybridized carbons (Fsp3) is 0.462. The van der Waals surface area contributed by atoms with Crippen molar-refractivity contribution in [2.45, 2.75) is 12.3 Å². The molecule has 0 fully saturated rings. The Morgan fingerprint density at radius 1 is 1.29 bits per heavy atom. The Balaban J connectivity index is 1.69. The lowest BCUT2D eigenvalue weighted by Gasteiger charge is -2.26. The lowest BCUT2D eigenvalue weighted by Crippen LogP contribution is -2.44. The molecule has 1 aliphatic heterocycles. The molecule has 1 aromatic carbocycles. The molecular formula is C13H15F3N2O3. The smallest absolute Gasteiger partial charge is 0.401 e. The molecule has 0 saturated heterocycles. The second kappa shape index (κ2) is 6.66. The molecule has 1 aliphatic rings. The van der Waals surface area contributed by atoms with Crippen LogP contribution in [0.4, 0.5) is 13.2 Å². The van der Waals surface area contributed by atoms with Crippen molar-refractivity contribution in [2.75, 3.05) is 26.2 Å². The van der Waals surface area contributed by atoms with Crippen LogP contribution >= 0.6 is 0 Å². The van der Waals surface area contributed by atoms with Gasteiger partial charge in [0.15, 0.2) is 11.5 Å². The van der Waals surface area contributed by atoms with Crippen molar-refractivity contribution >= 4 is 5.91 Å². The van der Waals surface area contributed by atoms with Crippen molar-refractivity contribution in [1.82, 2.24) is 10.6 Å². The van der Waals surface area contributed by atoms with Gasteiger partial charge in [0.1, 0.15) is 12.7 Å². The van der Waals surface area contributed by atoms with Crippen LogP contribution < -0.4 is 20.1 Å². The lowest BCUT2D eigenvalue weighted by molar-refractivity contribution is -0.128. The molecule has 1 heterocycles. The summed E-state index contributed by atoms with van der Waals surface area (Å²) < 4.78 is 46.7. The summed E-state index contributed by atoms with van der Waals surface area (Å²) in [5.41, 5.74) is 0. The number of amides is 1. The fourth-order valence-electron chi connectivity index (χ4n) is 1.77. The Morgan fingerprint density at radius 3 is 2.71 bits per heavy atom. The molecule has 1 aromatic rings. The molecule has 2 N–H and O–H groups in total. The first-order chi connectivity index (χ1) is 9.94. The standard InChI is InChI=1S/C13H15F3N2O3/c14-13(15,16)8-17-6-12(19)18-5-9-7-20-10-3-1-2-4-11(10)21-9/h1-4,9,17H,5-8H2,(H,18,19). The quantitative estimate of drug-likeness (QED) is 0.855. The molecular weight excluding hydrogens is 289 g/mol. The minimum atomic E-state index is -4.33. The normalized spacial score (nSPS) is 17.4. The molecule has 1 unspecified atom stereocenters. The topological polar surface area (TPSA) is 59.6 Å². The first-order valence-electron chi connectivity index (χ1n) is 6.37. The molecule has 21 heavy (non-hydrogen) atoms. The van der Waals surface area contributed by atoms with Crippen molar-refractivity contribution in [3.63, 3.8) is 0 Å². The van der Waals surface area contributed by atoms with E-state index in [1.54, 1.807) is 18.2 Å². The molecule has 0 radical (unpaired) electrons. The van der Waals surface area contributed by atoms with Gasteiger partial charge in [0.25, 0.3) is 0 Å². The van der Waals surface area contributed by atoms with E-state index in [0.29, 0.717) is 11.5 Å². The number of fused-ring (bicyclic) bond motifs is 1. The zero-order chi connectivity index (χ0) is 15.3. The number of para-hydroxylation sites is 2. The molecule has 0 bridgehead atoms. The number of halogens is 3. The van der Waals surface area contributed by atoms with Gasteiger partial charge in [0.2, 0.25) is 5.91 Å². The molecule has 2 rings (SSSR count). The molecule has 8 heteroatoms. The Bertz CT molecular complexity index is 494. The minimum Gasteiger partial charge on any atom is -0.486 e. The van der Waals surface area contributed by atoms with Gasteiger partial charge in [-0.15, -0.1) is 0 Å². The van der Waals surface area contributed by atoms with Crippen LogP contribution in [0.25, 0.3) is 0 Å². The summed E-state index contributed by atoms with van der Waals surface area (Å²) in [6.45, 7) is -1.16. The molecule has 1 atom stereocenters. The third-order valence-corrected chi connectivity index (χ3v) is 2.71. The largest absolute Gasteiger partial charge is 0.486 e. The van der Waals surface area contributed by atoms with Gasteiger partial charge in [-0.05, 0) is 12.1 Å². The molecule has 1 amide bonds. The maximum atomic E-state index is 11.9. The number of hydrogen-bond acceptors (Lipinski definition) is 4. The SMILES string of the molecule is O=C(CNCC(F)(F)F)NCC1COc2ccccc2O1. The van der Waals surface area contributed by atoms with E-state index < -0.39 is 25.2 Å². The second-order valence-electron chi connectivity index (χ2n) is 4.52. The highest BCUT2D eigenvalue weighted by molar-refractivity contribution is 5.78. The van der Waals surface area contributed by atoms with Crippen LogP contribution in [-0.4, -0.2) is 44.4 Å². The van der Waals surface area contributed by atoms with Gasteiger partial charge in [0.05, 0.1) is 19.6 Å². The number of carbonyl (C=O) groups excluding carboxylic acids is 1. The van der Waals surface area contributed by atoms with Crippen molar-refractivity contribution in [1.29, 1.82) is 0 Å². The Labute approximate surface area is 119 Å². The van der Waals surface area contributed by atoms with E-state index in [1.807, 2.05) is 11.4 Å². The highest BCUT2D eigenvalue weighted by Crippen LogP contribution is 2.30. The highest BCUT2D eigenvalue weighted by Gasteiger charge is 2.26. The Morgan fingerprint density at radius 2 is 2.00 bits per heavy atom. The molecule has 5 nitrogen and oxygen atoms in total. The maximum absolute atomic E-state index is 11.9. The number of benzene rings is 1. The van der Waals surface area contributed by atoms with E-state index in [-0.39, 0.29) is 19.3 Å². The van der Waals surface area contributed by atoms with Crippen molar-refractivity contribution < 1.29 is 27.4 Å². The van der Waals surface area contributed by atoms with Crippen LogP contribution in [-0.2, 0) is 4.79 Å². The van der Waals surface area contributed by atoms with Gasteiger partial charge in [0, 0.05) is 0 Å². The molecule has 116 valence electrons. The van der Waals surface area contributed by atoms with E-state index >= 15 is 0 Å². The van der Waals surface area contributed by atoms with Gasteiger partial charge in [-0.1, -0.05) is 12.1 Å². The summed E-state index contributed by atoms with van der Waals surface area (Å²) in [5.74, 6) is 0.687. The van der Waals surface area contributed by atoms with Crippen molar-refractivity contribution in [2.24, 2.45) is 0 Å². The van der Waals surface area contributed by atoms with Gasteiger partial charge in [-0.2, -0.15) is 13.2 Å². The first kappa shape index (κ1) is 15.4. The summed E-state index contributed by atoms with van der Waals surface area (Å²) in [4.78, 5) is 11.4. The number of hydrogen-bond donors (Lipinski definition) is 2. The minimum absolute atomic E-state index is 0.168. The van der Waals surface area contributed by atoms with E-state index in [1.165, 1.54) is 0 Å². The number of rotatable bonds is 5. The molecule has 0 aliphatic carbocycles. The second-order valence-corrected chi connectivity index (χ2v) is 4.52. The summed E-state index contributed by atoms with van der Waals surface area (Å²) in [6.07, 6.45) is -4.70. The molecule has 0 aromatic heterocycles. The lowest BCUT2D eigenvalue weighted by atomic mass is 10.2. The van der Waals surface area contributed by atoms with Gasteiger partial charge < -0.3 is 20.1 Å². The molecule has 0 saturated carbocycles. The molecule has 0 spiro atoms. The number of ether oxygens (including phenoxy) is 2. The van der Waals surface area contributed by atoms with E-state index in [4.69, 9.17) is 9.47 Å². The Kier molecular flexibility index (Phi) is 4.89. The predicted octanol–water partition coefficient (Wildman–Crippen LogP) is 1.09. The number of nitrogens with one attached hydrogen (secondary N) is 2. The van der Waals surface area contributed by atoms with Crippen LogP contribution in [0.15, 0.2) is 24.3 Å². The maximum Gasteiger partial charge on any atom is 0.401 e. The van der Waals surface area contributed by atoms with E-state index in [0.717, 1.165) is 0 Å². The Hall–Kier alpha value is -1.96. The van der Waals surface area contributed by atoms with Crippen molar-refractivity contribution in [3.8, 4) is 11.5 Å². The van der Waals surface area contributed by atoms with Crippen LogP contribution in [0.1, 0.15) is 0 Å². The van der Waals surface area contributed by atoms with Gasteiger partial charge in [-0.25, -0.2) is 0 Å². The van der Waals surface area contributed by atoms with E-state index in [9.17, 15) is 18.0 Å². The van der Waals surface area contributed by atoms with E-state index in [2.05, 4.69) is 5.32 Å². The monoisotopic (exact) mass is 304 g/mol. The summed E-state index contributed by atoms with van der Waals surface area (Å²) in [5, 5.41) is 4.52. The fourth-order valence-corrected chi connectivity index (χ4v) is 1.77. The summed E-state index contributed by atoms with van der Waals surface area (Å²) in [6, 6.07) is 7.13. The number of carbonyl (C=O) groups is 1. The zero-order valence-corrected chi connectivity index (χ0v) is 11.1. The highest BCUT2D eigenvalue weighted by atomic mass is 19.4.